The Bertz CT molecular complexity index is 601. The molecular weight excluding hydrogens is 264 g/mol. The number of carbonyl (C=O) groups is 1. The number of carbonyl (C=O) groups excluding carboxylic acids is 1. The largest absolute Gasteiger partial charge is 0.472 e. The average molecular weight is 284 g/mol. The van der Waals surface area contributed by atoms with Gasteiger partial charge in [0.2, 0.25) is 0 Å². The molecule has 4 nitrogen and oxygen atoms in total. The summed E-state index contributed by atoms with van der Waals surface area (Å²) in [6.45, 7) is 4.25. The van der Waals surface area contributed by atoms with E-state index in [9.17, 15) is 4.79 Å². The second-order valence-corrected chi connectivity index (χ2v) is 5.50. The highest BCUT2D eigenvalue weighted by atomic mass is 16.3. The predicted octanol–water partition coefficient (Wildman–Crippen LogP) is 3.37. The summed E-state index contributed by atoms with van der Waals surface area (Å²) >= 11 is 0. The molecule has 1 fully saturated rings. The molecule has 1 unspecified atom stereocenters. The number of nitrogens with zero attached hydrogens (tertiary/aromatic N) is 1. The normalized spacial score (nSPS) is 16.0. The Labute approximate surface area is 124 Å². The van der Waals surface area contributed by atoms with E-state index in [-0.39, 0.29) is 11.9 Å². The Balaban J connectivity index is 1.70. The second-order valence-electron chi connectivity index (χ2n) is 5.50. The maximum atomic E-state index is 12.0. The summed E-state index contributed by atoms with van der Waals surface area (Å²) in [7, 11) is 0. The molecule has 0 radical (unpaired) electrons. The molecule has 2 aromatic rings. The molecule has 1 N–H and O–H groups in total. The fraction of sp³-hybridized carbons (Fsp3) is 0.353. The van der Waals surface area contributed by atoms with Crippen LogP contribution in [0.3, 0.4) is 0 Å². The summed E-state index contributed by atoms with van der Waals surface area (Å²) in [6.07, 6.45) is 5.49. The Morgan fingerprint density at radius 1 is 1.29 bits per heavy atom. The molecule has 1 aliphatic rings. The highest BCUT2D eigenvalue weighted by Gasteiger charge is 2.15. The van der Waals surface area contributed by atoms with Gasteiger partial charge in [-0.25, -0.2) is 0 Å². The first kappa shape index (κ1) is 13.7. The van der Waals surface area contributed by atoms with Gasteiger partial charge < -0.3 is 14.6 Å². The van der Waals surface area contributed by atoms with Gasteiger partial charge in [-0.15, -0.1) is 0 Å². The van der Waals surface area contributed by atoms with Crippen molar-refractivity contribution >= 4 is 11.6 Å². The minimum atomic E-state index is -0.108. The first-order valence-electron chi connectivity index (χ1n) is 7.42. The number of benzene rings is 1. The molecule has 0 bridgehead atoms. The molecule has 1 aromatic heterocycles. The summed E-state index contributed by atoms with van der Waals surface area (Å²) in [5.41, 5.74) is 2.92. The lowest BCUT2D eigenvalue weighted by Gasteiger charge is -2.20. The second kappa shape index (κ2) is 6.04. The predicted molar refractivity (Wildman–Crippen MR) is 82.5 cm³/mol. The zero-order valence-electron chi connectivity index (χ0n) is 12.2. The lowest BCUT2D eigenvalue weighted by atomic mass is 10.1. The Kier molecular flexibility index (Phi) is 3.95. The molecular formula is C17H20N2O2. The smallest absolute Gasteiger partial charge is 0.255 e. The molecule has 1 aliphatic heterocycles. The third-order valence-electron chi connectivity index (χ3n) is 3.97. The van der Waals surface area contributed by atoms with Gasteiger partial charge in [-0.1, -0.05) is 12.1 Å². The van der Waals surface area contributed by atoms with Gasteiger partial charge in [-0.2, -0.15) is 0 Å². The van der Waals surface area contributed by atoms with Crippen LogP contribution >= 0.6 is 0 Å². The summed E-state index contributed by atoms with van der Waals surface area (Å²) in [5.74, 6) is -0.108. The maximum Gasteiger partial charge on any atom is 0.255 e. The highest BCUT2D eigenvalue weighted by Crippen LogP contribution is 2.24. The van der Waals surface area contributed by atoms with E-state index < -0.39 is 0 Å². The minimum Gasteiger partial charge on any atom is -0.472 e. The van der Waals surface area contributed by atoms with E-state index in [1.165, 1.54) is 31.1 Å². The van der Waals surface area contributed by atoms with Crippen molar-refractivity contribution in [2.24, 2.45) is 0 Å². The van der Waals surface area contributed by atoms with Gasteiger partial charge in [-0.3, -0.25) is 4.79 Å². The third kappa shape index (κ3) is 3.10. The van der Waals surface area contributed by atoms with Gasteiger partial charge in [0, 0.05) is 18.8 Å². The van der Waals surface area contributed by atoms with Crippen LogP contribution in [-0.2, 0) is 0 Å². The van der Waals surface area contributed by atoms with Crippen molar-refractivity contribution in [1.29, 1.82) is 0 Å². The van der Waals surface area contributed by atoms with Crippen molar-refractivity contribution in [3.05, 3.63) is 54.0 Å². The number of amides is 1. The molecule has 0 aliphatic carbocycles. The van der Waals surface area contributed by atoms with E-state index in [0.29, 0.717) is 5.56 Å². The van der Waals surface area contributed by atoms with Crippen LogP contribution in [0.4, 0.5) is 5.69 Å². The summed E-state index contributed by atoms with van der Waals surface area (Å²) in [5, 5.41) is 3.00. The first-order chi connectivity index (χ1) is 10.2. The first-order valence-corrected chi connectivity index (χ1v) is 7.42. The third-order valence-corrected chi connectivity index (χ3v) is 3.97. The number of hydrogen-bond acceptors (Lipinski definition) is 3. The zero-order chi connectivity index (χ0) is 14.7. The highest BCUT2D eigenvalue weighted by molar-refractivity contribution is 5.94. The minimum absolute atomic E-state index is 0.0325. The molecule has 110 valence electrons. The number of hydrogen-bond donors (Lipinski definition) is 1. The van der Waals surface area contributed by atoms with Gasteiger partial charge in [0.05, 0.1) is 17.9 Å². The molecule has 4 heteroatoms. The molecule has 21 heavy (non-hydrogen) atoms. The van der Waals surface area contributed by atoms with Crippen LogP contribution in [0.15, 0.2) is 47.3 Å². The topological polar surface area (TPSA) is 45.5 Å². The van der Waals surface area contributed by atoms with Crippen molar-refractivity contribution in [2.45, 2.75) is 25.8 Å². The lowest BCUT2D eigenvalue weighted by Crippen LogP contribution is -2.26. The Hall–Kier alpha value is -2.23. The van der Waals surface area contributed by atoms with Crippen molar-refractivity contribution in [1.82, 2.24) is 5.32 Å². The molecule has 1 saturated heterocycles. The van der Waals surface area contributed by atoms with E-state index in [1.807, 2.05) is 6.92 Å². The van der Waals surface area contributed by atoms with E-state index in [4.69, 9.17) is 4.42 Å². The van der Waals surface area contributed by atoms with E-state index >= 15 is 0 Å². The Morgan fingerprint density at radius 2 is 2.10 bits per heavy atom. The van der Waals surface area contributed by atoms with Gasteiger partial charge in [-0.05, 0) is 43.5 Å². The molecule has 1 atom stereocenters. The average Bonchev–Trinajstić information content (AvgIpc) is 3.20. The van der Waals surface area contributed by atoms with Crippen LogP contribution in [0.1, 0.15) is 41.7 Å². The van der Waals surface area contributed by atoms with Crippen molar-refractivity contribution in [2.75, 3.05) is 18.0 Å². The maximum absolute atomic E-state index is 12.0. The van der Waals surface area contributed by atoms with Crippen LogP contribution in [0.25, 0.3) is 0 Å². The molecule has 1 amide bonds. The van der Waals surface area contributed by atoms with Crippen LogP contribution in [0.2, 0.25) is 0 Å². The summed E-state index contributed by atoms with van der Waals surface area (Å²) in [6, 6.07) is 10.1. The van der Waals surface area contributed by atoms with Gasteiger partial charge >= 0.3 is 0 Å². The van der Waals surface area contributed by atoms with Crippen molar-refractivity contribution < 1.29 is 9.21 Å². The zero-order valence-corrected chi connectivity index (χ0v) is 12.2. The molecule has 0 saturated carbocycles. The van der Waals surface area contributed by atoms with Gasteiger partial charge in [0.15, 0.2) is 0 Å². The number of nitrogens with one attached hydrogen (secondary N) is 1. The lowest BCUT2D eigenvalue weighted by molar-refractivity contribution is 0.0939. The van der Waals surface area contributed by atoms with Crippen molar-refractivity contribution in [3.8, 4) is 0 Å². The van der Waals surface area contributed by atoms with E-state index in [2.05, 4.69) is 34.5 Å². The van der Waals surface area contributed by atoms with Crippen LogP contribution in [0, 0.1) is 0 Å². The fourth-order valence-corrected chi connectivity index (χ4v) is 2.72. The van der Waals surface area contributed by atoms with Gasteiger partial charge in [0.25, 0.3) is 5.91 Å². The number of anilines is 1. The quantitative estimate of drug-likeness (QED) is 0.936. The van der Waals surface area contributed by atoms with E-state index in [0.717, 1.165) is 18.7 Å². The fourth-order valence-electron chi connectivity index (χ4n) is 2.72. The van der Waals surface area contributed by atoms with Crippen LogP contribution in [0.5, 0.6) is 0 Å². The molecule has 3 rings (SSSR count). The summed E-state index contributed by atoms with van der Waals surface area (Å²) in [4.78, 5) is 14.4. The standard InChI is InChI=1S/C17H20N2O2/c1-13(18-17(20)15-7-10-21-12-15)14-5-4-6-16(11-14)19-8-2-3-9-19/h4-7,10-13H,2-3,8-9H2,1H3,(H,18,20). The Morgan fingerprint density at radius 3 is 2.81 bits per heavy atom. The molecule has 2 heterocycles. The molecule has 0 spiro atoms. The van der Waals surface area contributed by atoms with Crippen LogP contribution < -0.4 is 10.2 Å². The monoisotopic (exact) mass is 284 g/mol. The van der Waals surface area contributed by atoms with Crippen LogP contribution in [-0.4, -0.2) is 19.0 Å². The van der Waals surface area contributed by atoms with Crippen molar-refractivity contribution in [3.63, 3.8) is 0 Å². The number of rotatable bonds is 4. The number of furan rings is 1. The molecule has 1 aromatic carbocycles. The SMILES string of the molecule is CC(NC(=O)c1ccoc1)c1cccc(N2CCCC2)c1. The van der Waals surface area contributed by atoms with E-state index in [1.54, 1.807) is 6.07 Å². The van der Waals surface area contributed by atoms with Gasteiger partial charge in [0.1, 0.15) is 6.26 Å². The summed E-state index contributed by atoms with van der Waals surface area (Å²) < 4.78 is 4.94.